The molecule has 36 heavy (non-hydrogen) atoms. The highest BCUT2D eigenvalue weighted by molar-refractivity contribution is 6.30. The Kier molecular flexibility index (Phi) is 6.96. The topological polar surface area (TPSA) is 73.9 Å². The number of hydrogen-bond acceptors (Lipinski definition) is 6. The normalized spacial score (nSPS) is 18.5. The number of piperidine rings is 1. The number of nitrogens with zero attached hydrogens (tertiary/aromatic N) is 7. The van der Waals surface area contributed by atoms with E-state index in [-0.39, 0.29) is 0 Å². The molecule has 2 atom stereocenters. The molecule has 1 aliphatic heterocycles. The van der Waals surface area contributed by atoms with Gasteiger partial charge in [-0.1, -0.05) is 29.5 Å². The summed E-state index contributed by atoms with van der Waals surface area (Å²) in [6.07, 6.45) is 5.25. The van der Waals surface area contributed by atoms with Gasteiger partial charge in [0.1, 0.15) is 5.82 Å². The predicted molar refractivity (Wildman–Crippen MR) is 145 cm³/mol. The molecule has 2 unspecified atom stereocenters. The van der Waals surface area contributed by atoms with Crippen LogP contribution in [-0.4, -0.2) is 41.4 Å². The first kappa shape index (κ1) is 24.3. The Morgan fingerprint density at radius 2 is 2.03 bits per heavy atom. The zero-order valence-electron chi connectivity index (χ0n) is 21.2. The molecule has 2 fully saturated rings. The van der Waals surface area contributed by atoms with Gasteiger partial charge in [0, 0.05) is 54.4 Å². The van der Waals surface area contributed by atoms with E-state index >= 15 is 0 Å². The monoisotopic (exact) mass is 504 g/mol. The van der Waals surface area contributed by atoms with E-state index in [1.165, 1.54) is 12.0 Å². The molecule has 3 aromatic rings. The molecule has 2 aromatic heterocycles. The van der Waals surface area contributed by atoms with Crippen molar-refractivity contribution >= 4 is 28.8 Å². The second kappa shape index (κ2) is 10.3. The standard InChI is InChI=1S/C27H33ClN8/c1-5-36(33-29-4)26-8-7-25(28)11-21(26)12-30-18(2)24-13-31-35(17-24)16-20-6-9-27(32-19(20)3)34-14-22-10-23(22)15-34/h6-9,11,13,17,22-23,30H,2,5,10,12,14-16H2,1,3-4H3. The minimum Gasteiger partial charge on any atom is -0.381 e. The van der Waals surface area contributed by atoms with Crippen molar-refractivity contribution in [3.8, 4) is 0 Å². The van der Waals surface area contributed by atoms with E-state index in [9.17, 15) is 0 Å². The Morgan fingerprint density at radius 1 is 1.22 bits per heavy atom. The number of anilines is 2. The summed E-state index contributed by atoms with van der Waals surface area (Å²) in [5.74, 6) is 2.90. The average Bonchev–Trinajstić information content (AvgIpc) is 3.25. The maximum absolute atomic E-state index is 6.28. The summed E-state index contributed by atoms with van der Waals surface area (Å²) in [5.41, 5.74) is 5.94. The predicted octanol–water partition coefficient (Wildman–Crippen LogP) is 5.33. The molecule has 1 saturated carbocycles. The lowest BCUT2D eigenvalue weighted by molar-refractivity contribution is 0.680. The maximum atomic E-state index is 6.28. The Balaban J connectivity index is 1.22. The van der Waals surface area contributed by atoms with Crippen LogP contribution < -0.4 is 15.2 Å². The minimum atomic E-state index is 0.554. The summed E-state index contributed by atoms with van der Waals surface area (Å²) >= 11 is 6.28. The highest BCUT2D eigenvalue weighted by Gasteiger charge is 2.45. The van der Waals surface area contributed by atoms with Crippen molar-refractivity contribution < 1.29 is 0 Å². The van der Waals surface area contributed by atoms with Gasteiger partial charge in [-0.25, -0.2) is 9.99 Å². The Hall–Kier alpha value is -3.39. The van der Waals surface area contributed by atoms with E-state index in [2.05, 4.69) is 51.3 Å². The van der Waals surface area contributed by atoms with Crippen molar-refractivity contribution in [2.75, 3.05) is 36.6 Å². The van der Waals surface area contributed by atoms with Crippen LogP contribution in [0, 0.1) is 18.8 Å². The van der Waals surface area contributed by atoms with E-state index in [4.69, 9.17) is 16.6 Å². The van der Waals surface area contributed by atoms with Gasteiger partial charge >= 0.3 is 0 Å². The van der Waals surface area contributed by atoms with Gasteiger partial charge in [0.2, 0.25) is 0 Å². The van der Waals surface area contributed by atoms with E-state index in [0.29, 0.717) is 24.7 Å². The number of pyridine rings is 1. The fraction of sp³-hybridized carbons (Fsp3) is 0.407. The molecule has 3 heterocycles. The number of aromatic nitrogens is 3. The third-order valence-corrected chi connectivity index (χ3v) is 7.34. The number of nitrogens with one attached hydrogen (secondary N) is 1. The molecular formula is C27H33ClN8. The molecule has 1 aliphatic carbocycles. The Labute approximate surface area is 217 Å². The van der Waals surface area contributed by atoms with Gasteiger partial charge in [-0.05, 0) is 67.5 Å². The fourth-order valence-electron chi connectivity index (χ4n) is 4.93. The zero-order valence-corrected chi connectivity index (χ0v) is 21.9. The molecule has 188 valence electrons. The van der Waals surface area contributed by atoms with Gasteiger partial charge in [-0.3, -0.25) is 4.68 Å². The molecule has 0 radical (unpaired) electrons. The van der Waals surface area contributed by atoms with E-state index in [1.807, 2.05) is 47.2 Å². The summed E-state index contributed by atoms with van der Waals surface area (Å²) < 4.78 is 1.93. The third-order valence-electron chi connectivity index (χ3n) is 7.11. The highest BCUT2D eigenvalue weighted by Crippen LogP contribution is 2.46. The number of rotatable bonds is 10. The molecule has 2 aliphatic rings. The van der Waals surface area contributed by atoms with Crippen LogP contribution in [-0.2, 0) is 13.1 Å². The van der Waals surface area contributed by atoms with Crippen molar-refractivity contribution in [2.45, 2.75) is 33.4 Å². The summed E-state index contributed by atoms with van der Waals surface area (Å²) in [6.45, 7) is 12.6. The molecule has 1 N–H and O–H groups in total. The van der Waals surface area contributed by atoms with Crippen LogP contribution >= 0.6 is 11.6 Å². The maximum Gasteiger partial charge on any atom is 0.128 e. The molecule has 9 heteroatoms. The summed E-state index contributed by atoms with van der Waals surface area (Å²) in [7, 11) is 1.66. The smallest absolute Gasteiger partial charge is 0.128 e. The molecule has 0 bridgehead atoms. The van der Waals surface area contributed by atoms with Crippen LogP contribution in [0.4, 0.5) is 11.5 Å². The summed E-state index contributed by atoms with van der Waals surface area (Å²) in [5, 5.41) is 18.6. The van der Waals surface area contributed by atoms with Crippen molar-refractivity contribution in [3.05, 3.63) is 76.7 Å². The van der Waals surface area contributed by atoms with Gasteiger partial charge < -0.3 is 10.2 Å². The van der Waals surface area contributed by atoms with Crippen LogP contribution in [0.5, 0.6) is 0 Å². The van der Waals surface area contributed by atoms with E-state index in [0.717, 1.165) is 58.9 Å². The quantitative estimate of drug-likeness (QED) is 0.298. The third kappa shape index (κ3) is 5.23. The molecule has 5 rings (SSSR count). The lowest BCUT2D eigenvalue weighted by Gasteiger charge is -2.20. The minimum absolute atomic E-state index is 0.554. The molecule has 1 aromatic carbocycles. The Morgan fingerprint density at radius 3 is 2.75 bits per heavy atom. The molecule has 0 amide bonds. The molecule has 0 spiro atoms. The SMILES string of the molecule is C=C(NCc1cc(Cl)ccc1N(CC)N=NC)c1cnn(Cc2ccc(N3CC4CC4C3)nc2C)c1. The number of benzene rings is 1. The molecule has 8 nitrogen and oxygen atoms in total. The van der Waals surface area contributed by atoms with E-state index in [1.54, 1.807) is 7.05 Å². The molecular weight excluding hydrogens is 472 g/mol. The first-order valence-electron chi connectivity index (χ1n) is 12.5. The van der Waals surface area contributed by atoms with Crippen molar-refractivity contribution in [3.63, 3.8) is 0 Å². The van der Waals surface area contributed by atoms with E-state index < -0.39 is 0 Å². The number of halogens is 1. The van der Waals surface area contributed by atoms with Gasteiger partial charge in [-0.2, -0.15) is 10.2 Å². The second-order valence-electron chi connectivity index (χ2n) is 9.61. The summed E-state index contributed by atoms with van der Waals surface area (Å²) in [4.78, 5) is 7.31. The van der Waals surface area contributed by atoms with Crippen molar-refractivity contribution in [1.29, 1.82) is 0 Å². The molecule has 1 saturated heterocycles. The van der Waals surface area contributed by atoms with Crippen LogP contribution in [0.25, 0.3) is 5.70 Å². The van der Waals surface area contributed by atoms with Gasteiger partial charge in [-0.15, -0.1) is 0 Å². The van der Waals surface area contributed by atoms with Crippen molar-refractivity contribution in [2.24, 2.45) is 22.2 Å². The first-order valence-corrected chi connectivity index (χ1v) is 12.9. The second-order valence-corrected chi connectivity index (χ2v) is 10.0. The number of aryl methyl sites for hydroxylation is 1. The lowest BCUT2D eigenvalue weighted by Crippen LogP contribution is -2.23. The Bertz CT molecular complexity index is 1270. The average molecular weight is 505 g/mol. The van der Waals surface area contributed by atoms with Crippen molar-refractivity contribution in [1.82, 2.24) is 20.1 Å². The highest BCUT2D eigenvalue weighted by atomic mass is 35.5. The largest absolute Gasteiger partial charge is 0.381 e. The number of hydrogen-bond donors (Lipinski definition) is 1. The van der Waals surface area contributed by atoms with Crippen LogP contribution in [0.3, 0.4) is 0 Å². The summed E-state index contributed by atoms with van der Waals surface area (Å²) in [6, 6.07) is 10.1. The van der Waals surface area contributed by atoms with Gasteiger partial charge in [0.15, 0.2) is 0 Å². The lowest BCUT2D eigenvalue weighted by atomic mass is 10.1. The van der Waals surface area contributed by atoms with Gasteiger partial charge in [0.05, 0.1) is 25.5 Å². The zero-order chi connectivity index (χ0) is 25.2. The fourth-order valence-corrected chi connectivity index (χ4v) is 5.12. The van der Waals surface area contributed by atoms with Gasteiger partial charge in [0.25, 0.3) is 0 Å². The van der Waals surface area contributed by atoms with Crippen LogP contribution in [0.2, 0.25) is 5.02 Å². The van der Waals surface area contributed by atoms with Crippen LogP contribution in [0.15, 0.2) is 59.6 Å². The first-order chi connectivity index (χ1) is 17.4. The van der Waals surface area contributed by atoms with Crippen LogP contribution in [0.1, 0.15) is 35.7 Å². The number of fused-ring (bicyclic) bond motifs is 1.